The summed E-state index contributed by atoms with van der Waals surface area (Å²) in [5.41, 5.74) is 0.644. The summed E-state index contributed by atoms with van der Waals surface area (Å²) < 4.78 is 50.0. The second-order valence-corrected chi connectivity index (χ2v) is 7.91. The van der Waals surface area contributed by atoms with Crippen molar-refractivity contribution in [2.24, 2.45) is 0 Å². The van der Waals surface area contributed by atoms with E-state index in [0.29, 0.717) is 17.0 Å². The zero-order valence-electron chi connectivity index (χ0n) is 13.5. The Balaban J connectivity index is 1.76. The van der Waals surface area contributed by atoms with Crippen LogP contribution in [0.2, 0.25) is 0 Å². The molecular weight excluding hydrogens is 326 g/mol. The Bertz CT molecular complexity index is 623. The average molecular weight is 345 g/mol. The van der Waals surface area contributed by atoms with Gasteiger partial charge in [0.1, 0.15) is 0 Å². The predicted octanol–water partition coefficient (Wildman–Crippen LogP) is 4.60. The number of halogens is 3. The minimum absolute atomic E-state index is 0.101. The van der Waals surface area contributed by atoms with Gasteiger partial charge >= 0.3 is 13.3 Å². The van der Waals surface area contributed by atoms with Crippen LogP contribution in [0.3, 0.4) is 0 Å². The molecule has 0 bridgehead atoms. The summed E-state index contributed by atoms with van der Waals surface area (Å²) in [6.45, 7) is 7.93. The normalized spacial score (nSPS) is 26.7. The number of aromatic nitrogens is 1. The van der Waals surface area contributed by atoms with Gasteiger partial charge in [0.15, 0.2) is 5.01 Å². The quantitative estimate of drug-likeness (QED) is 0.735. The third-order valence-electron chi connectivity index (χ3n) is 4.86. The van der Waals surface area contributed by atoms with Gasteiger partial charge in [-0.15, -0.1) is 11.3 Å². The van der Waals surface area contributed by atoms with Gasteiger partial charge < -0.3 is 9.31 Å². The first-order valence-corrected chi connectivity index (χ1v) is 8.46. The van der Waals surface area contributed by atoms with Crippen LogP contribution < -0.4 is 0 Å². The molecule has 3 rings (SSSR count). The number of alkyl halides is 3. The van der Waals surface area contributed by atoms with E-state index >= 15 is 0 Å². The van der Waals surface area contributed by atoms with Crippen molar-refractivity contribution in [3.63, 3.8) is 0 Å². The van der Waals surface area contributed by atoms with Crippen molar-refractivity contribution in [1.29, 1.82) is 0 Å². The summed E-state index contributed by atoms with van der Waals surface area (Å²) in [4.78, 5) is 3.75. The largest absolute Gasteiger partial charge is 0.490 e. The van der Waals surface area contributed by atoms with Crippen molar-refractivity contribution in [3.05, 3.63) is 27.6 Å². The molecule has 1 atom stereocenters. The fraction of sp³-hybridized carbons (Fsp3) is 0.667. The summed E-state index contributed by atoms with van der Waals surface area (Å²) in [5.74, 6) is -0.101. The average Bonchev–Trinajstić information content (AvgIpc) is 3.08. The number of hydrogen-bond donors (Lipinski definition) is 0. The van der Waals surface area contributed by atoms with Crippen LogP contribution in [0.25, 0.3) is 0 Å². The Kier molecular flexibility index (Phi) is 3.93. The van der Waals surface area contributed by atoms with Gasteiger partial charge in [-0.3, -0.25) is 0 Å². The maximum atomic E-state index is 12.7. The van der Waals surface area contributed by atoms with Crippen LogP contribution >= 0.6 is 11.3 Å². The zero-order chi connectivity index (χ0) is 17.0. The fourth-order valence-electron chi connectivity index (χ4n) is 2.76. The molecule has 1 saturated heterocycles. The molecule has 0 amide bonds. The standard InChI is InChI=1S/C15H19BF3NO2S/c1-13(2)14(3,4)22-16(21-13)10-6-5-9(7-10)11-8-23-12(20-11)15(17,18)19/h7-9H,5-6H2,1-4H3. The summed E-state index contributed by atoms with van der Waals surface area (Å²) in [6, 6.07) is 0. The van der Waals surface area contributed by atoms with Crippen molar-refractivity contribution in [2.75, 3.05) is 0 Å². The third-order valence-corrected chi connectivity index (χ3v) is 5.76. The van der Waals surface area contributed by atoms with E-state index < -0.39 is 29.5 Å². The highest BCUT2D eigenvalue weighted by molar-refractivity contribution is 7.09. The van der Waals surface area contributed by atoms with Crippen LogP contribution in [0.4, 0.5) is 13.2 Å². The number of hydrogen-bond acceptors (Lipinski definition) is 4. The first-order valence-electron chi connectivity index (χ1n) is 7.58. The molecule has 0 aromatic carbocycles. The van der Waals surface area contributed by atoms with Crippen molar-refractivity contribution in [3.8, 4) is 0 Å². The minimum Gasteiger partial charge on any atom is -0.400 e. The molecule has 23 heavy (non-hydrogen) atoms. The highest BCUT2D eigenvalue weighted by Crippen LogP contribution is 2.43. The Morgan fingerprint density at radius 2 is 1.83 bits per heavy atom. The van der Waals surface area contributed by atoms with Crippen LogP contribution in [-0.2, 0) is 15.5 Å². The van der Waals surface area contributed by atoms with E-state index in [4.69, 9.17) is 9.31 Å². The van der Waals surface area contributed by atoms with Gasteiger partial charge in [-0.05, 0) is 46.0 Å². The summed E-state index contributed by atoms with van der Waals surface area (Å²) >= 11 is 0.648. The lowest BCUT2D eigenvalue weighted by molar-refractivity contribution is -0.137. The Morgan fingerprint density at radius 1 is 1.22 bits per heavy atom. The molecular formula is C15H19BF3NO2S. The lowest BCUT2D eigenvalue weighted by Gasteiger charge is -2.32. The monoisotopic (exact) mass is 345 g/mol. The first-order chi connectivity index (χ1) is 10.5. The molecule has 1 fully saturated rings. The molecule has 0 radical (unpaired) electrons. The van der Waals surface area contributed by atoms with E-state index in [0.717, 1.165) is 18.3 Å². The van der Waals surface area contributed by atoms with Crippen molar-refractivity contribution >= 4 is 18.5 Å². The van der Waals surface area contributed by atoms with Crippen molar-refractivity contribution in [2.45, 2.75) is 63.8 Å². The second kappa shape index (κ2) is 5.32. The Hall–Kier alpha value is -0.855. The summed E-state index contributed by atoms with van der Waals surface area (Å²) in [7, 11) is -0.425. The molecule has 0 N–H and O–H groups in total. The molecule has 3 nitrogen and oxygen atoms in total. The van der Waals surface area contributed by atoms with Gasteiger partial charge in [-0.25, -0.2) is 4.98 Å². The lowest BCUT2D eigenvalue weighted by Crippen LogP contribution is -2.41. The maximum absolute atomic E-state index is 12.7. The summed E-state index contributed by atoms with van der Waals surface area (Å²) in [6.07, 6.45) is -0.933. The molecule has 1 aromatic rings. The van der Waals surface area contributed by atoms with E-state index in [-0.39, 0.29) is 5.92 Å². The van der Waals surface area contributed by atoms with Gasteiger partial charge in [-0.1, -0.05) is 6.08 Å². The van der Waals surface area contributed by atoms with Gasteiger partial charge in [0.2, 0.25) is 0 Å². The molecule has 1 aromatic heterocycles. The number of nitrogens with zero attached hydrogens (tertiary/aromatic N) is 1. The van der Waals surface area contributed by atoms with Crippen LogP contribution in [0.1, 0.15) is 57.2 Å². The van der Waals surface area contributed by atoms with Crippen molar-refractivity contribution < 1.29 is 22.5 Å². The van der Waals surface area contributed by atoms with E-state index in [2.05, 4.69) is 4.98 Å². The number of rotatable bonds is 2. The van der Waals surface area contributed by atoms with Gasteiger partial charge in [-0.2, -0.15) is 13.2 Å². The zero-order valence-corrected chi connectivity index (χ0v) is 14.3. The Labute approximate surface area is 138 Å². The molecule has 8 heteroatoms. The smallest absolute Gasteiger partial charge is 0.400 e. The summed E-state index contributed by atoms with van der Waals surface area (Å²) in [5, 5.41) is 0.710. The van der Waals surface area contributed by atoms with Gasteiger partial charge in [0.05, 0.1) is 16.9 Å². The molecule has 1 aliphatic heterocycles. The SMILES string of the molecule is CC1(C)OB(C2=CC(c3csc(C(F)(F)F)n3)CC2)OC1(C)C. The van der Waals surface area contributed by atoms with Crippen LogP contribution in [-0.4, -0.2) is 23.3 Å². The number of allylic oxidation sites excluding steroid dienone is 2. The maximum Gasteiger partial charge on any atom is 0.490 e. The van der Waals surface area contributed by atoms with Crippen molar-refractivity contribution in [1.82, 2.24) is 4.98 Å². The second-order valence-electron chi connectivity index (χ2n) is 7.05. The van der Waals surface area contributed by atoms with Gasteiger partial charge in [0.25, 0.3) is 0 Å². The molecule has 0 spiro atoms. The highest BCUT2D eigenvalue weighted by atomic mass is 32.1. The third kappa shape index (κ3) is 3.08. The molecule has 1 unspecified atom stereocenters. The molecule has 2 heterocycles. The van der Waals surface area contributed by atoms with Crippen LogP contribution in [0.15, 0.2) is 16.9 Å². The predicted molar refractivity (Wildman–Crippen MR) is 83.3 cm³/mol. The van der Waals surface area contributed by atoms with E-state index in [9.17, 15) is 13.2 Å². The highest BCUT2D eigenvalue weighted by Gasteiger charge is 2.52. The van der Waals surface area contributed by atoms with E-state index in [1.807, 2.05) is 33.8 Å². The topological polar surface area (TPSA) is 31.4 Å². The van der Waals surface area contributed by atoms with Gasteiger partial charge in [0, 0.05) is 11.3 Å². The fourth-order valence-corrected chi connectivity index (χ4v) is 3.51. The minimum atomic E-state index is -4.38. The molecule has 126 valence electrons. The van der Waals surface area contributed by atoms with E-state index in [1.54, 1.807) is 0 Å². The van der Waals surface area contributed by atoms with E-state index in [1.165, 1.54) is 5.38 Å². The Morgan fingerprint density at radius 3 is 2.35 bits per heavy atom. The molecule has 2 aliphatic rings. The van der Waals surface area contributed by atoms with Crippen LogP contribution in [0, 0.1) is 0 Å². The number of thiazole rings is 1. The first kappa shape index (κ1) is 17.0. The molecule has 0 saturated carbocycles. The lowest BCUT2D eigenvalue weighted by atomic mass is 9.78. The van der Waals surface area contributed by atoms with Crippen LogP contribution in [0.5, 0.6) is 0 Å². The molecule has 1 aliphatic carbocycles.